The number of hydrogen-bond acceptors (Lipinski definition) is 3. The largest absolute Gasteiger partial charge is 0.377 e. The van der Waals surface area contributed by atoms with Crippen molar-refractivity contribution in [2.24, 2.45) is 0 Å². The van der Waals surface area contributed by atoms with E-state index in [1.165, 1.54) is 18.6 Å². The van der Waals surface area contributed by atoms with Crippen LogP contribution in [0.1, 0.15) is 12.8 Å². The van der Waals surface area contributed by atoms with Crippen LogP contribution in [0, 0.1) is 0 Å². The maximum absolute atomic E-state index is 5.42. The summed E-state index contributed by atoms with van der Waals surface area (Å²) in [5.74, 6) is 1.17. The smallest absolute Gasteiger partial charge is 0.0674 e. The zero-order valence-electron chi connectivity index (χ0n) is 5.63. The third-order valence-electron chi connectivity index (χ3n) is 1.40. The monoisotopic (exact) mass is 164 g/mol. The van der Waals surface area contributed by atoms with E-state index in [1.54, 1.807) is 0 Å². The maximum Gasteiger partial charge on any atom is 0.0674 e. The van der Waals surface area contributed by atoms with E-state index >= 15 is 0 Å². The molecule has 1 nitrogen and oxygen atoms in total. The Balaban J connectivity index is 1.98. The van der Waals surface area contributed by atoms with Crippen molar-refractivity contribution in [3.05, 3.63) is 0 Å². The van der Waals surface area contributed by atoms with Gasteiger partial charge < -0.3 is 4.74 Å². The highest BCUT2D eigenvalue weighted by molar-refractivity contribution is 8.76. The van der Waals surface area contributed by atoms with Crippen LogP contribution in [-0.4, -0.2) is 24.7 Å². The van der Waals surface area contributed by atoms with Crippen molar-refractivity contribution < 1.29 is 4.74 Å². The summed E-state index contributed by atoms with van der Waals surface area (Å²) in [5, 5.41) is 0. The lowest BCUT2D eigenvalue weighted by Gasteiger charge is -2.05. The van der Waals surface area contributed by atoms with Crippen molar-refractivity contribution in [2.45, 2.75) is 18.9 Å². The normalized spacial score (nSPS) is 27.0. The highest BCUT2D eigenvalue weighted by Crippen LogP contribution is 2.23. The highest BCUT2D eigenvalue weighted by Gasteiger charge is 2.14. The third-order valence-corrected chi connectivity index (χ3v) is 3.25. The molecule has 1 aliphatic rings. The van der Waals surface area contributed by atoms with E-state index in [0.717, 1.165) is 6.61 Å². The van der Waals surface area contributed by atoms with Gasteiger partial charge in [-0.25, -0.2) is 0 Å². The highest BCUT2D eigenvalue weighted by atomic mass is 33.1. The Labute approximate surface area is 64.3 Å². The molecule has 0 saturated carbocycles. The second-order valence-electron chi connectivity index (χ2n) is 2.09. The van der Waals surface area contributed by atoms with Gasteiger partial charge in [-0.15, -0.1) is 0 Å². The average molecular weight is 164 g/mol. The minimum Gasteiger partial charge on any atom is -0.377 e. The standard InChI is InChI=1S/C6H12OS2/c1-8-9-5-6-3-2-4-7-6/h6H,2-5H2,1H3. The fourth-order valence-corrected chi connectivity index (χ4v) is 2.33. The van der Waals surface area contributed by atoms with Gasteiger partial charge in [0.05, 0.1) is 6.10 Å². The van der Waals surface area contributed by atoms with Gasteiger partial charge in [0.15, 0.2) is 0 Å². The van der Waals surface area contributed by atoms with E-state index in [9.17, 15) is 0 Å². The van der Waals surface area contributed by atoms with Crippen LogP contribution in [0.2, 0.25) is 0 Å². The molecule has 0 aromatic heterocycles. The van der Waals surface area contributed by atoms with E-state index in [4.69, 9.17) is 4.74 Å². The van der Waals surface area contributed by atoms with Crippen LogP contribution in [0.5, 0.6) is 0 Å². The molecule has 9 heavy (non-hydrogen) atoms. The van der Waals surface area contributed by atoms with Gasteiger partial charge in [-0.05, 0) is 19.1 Å². The second-order valence-corrected chi connectivity index (χ2v) is 4.70. The van der Waals surface area contributed by atoms with Crippen LogP contribution in [-0.2, 0) is 4.74 Å². The average Bonchev–Trinajstić information content (AvgIpc) is 2.34. The molecular weight excluding hydrogens is 152 g/mol. The van der Waals surface area contributed by atoms with Crippen molar-refractivity contribution in [1.82, 2.24) is 0 Å². The van der Waals surface area contributed by atoms with Gasteiger partial charge in [0.25, 0.3) is 0 Å². The Kier molecular flexibility index (Phi) is 3.86. The SMILES string of the molecule is CSSCC1CCCO1. The summed E-state index contributed by atoms with van der Waals surface area (Å²) in [6.07, 6.45) is 5.20. The summed E-state index contributed by atoms with van der Waals surface area (Å²) in [7, 11) is 3.72. The maximum atomic E-state index is 5.42. The number of ether oxygens (including phenoxy) is 1. The van der Waals surface area contributed by atoms with Crippen molar-refractivity contribution in [3.8, 4) is 0 Å². The van der Waals surface area contributed by atoms with Crippen molar-refractivity contribution in [2.75, 3.05) is 18.6 Å². The molecule has 0 bridgehead atoms. The number of hydrogen-bond donors (Lipinski definition) is 0. The van der Waals surface area contributed by atoms with E-state index in [0.29, 0.717) is 6.10 Å². The first-order valence-corrected chi connectivity index (χ1v) is 5.93. The minimum absolute atomic E-state index is 0.558. The molecule has 1 aliphatic heterocycles. The summed E-state index contributed by atoms with van der Waals surface area (Å²) in [4.78, 5) is 0. The summed E-state index contributed by atoms with van der Waals surface area (Å²) in [6, 6.07) is 0. The van der Waals surface area contributed by atoms with Gasteiger partial charge in [-0.3, -0.25) is 0 Å². The fraction of sp³-hybridized carbons (Fsp3) is 1.00. The molecule has 1 saturated heterocycles. The molecule has 1 atom stereocenters. The second kappa shape index (κ2) is 4.47. The van der Waals surface area contributed by atoms with Gasteiger partial charge in [0.1, 0.15) is 0 Å². The molecule has 1 fully saturated rings. The Bertz CT molecular complexity index is 71.5. The molecule has 0 aromatic rings. The summed E-state index contributed by atoms with van der Waals surface area (Å²) < 4.78 is 5.42. The molecule has 3 heteroatoms. The molecule has 54 valence electrons. The van der Waals surface area contributed by atoms with Crippen LogP contribution in [0.3, 0.4) is 0 Å². The molecule has 0 amide bonds. The van der Waals surface area contributed by atoms with Gasteiger partial charge in [-0.1, -0.05) is 21.6 Å². The van der Waals surface area contributed by atoms with E-state index in [-0.39, 0.29) is 0 Å². The predicted molar refractivity (Wildman–Crippen MR) is 44.9 cm³/mol. The van der Waals surface area contributed by atoms with Gasteiger partial charge in [0.2, 0.25) is 0 Å². The zero-order chi connectivity index (χ0) is 6.53. The molecular formula is C6H12OS2. The van der Waals surface area contributed by atoms with Crippen LogP contribution >= 0.6 is 21.6 Å². The zero-order valence-corrected chi connectivity index (χ0v) is 7.26. The molecule has 1 heterocycles. The van der Waals surface area contributed by atoms with E-state index < -0.39 is 0 Å². The first-order valence-electron chi connectivity index (χ1n) is 3.20. The van der Waals surface area contributed by atoms with Crippen LogP contribution < -0.4 is 0 Å². The van der Waals surface area contributed by atoms with Gasteiger partial charge >= 0.3 is 0 Å². The van der Waals surface area contributed by atoms with Gasteiger partial charge in [-0.2, -0.15) is 0 Å². The Morgan fingerprint density at radius 1 is 1.67 bits per heavy atom. The topological polar surface area (TPSA) is 9.23 Å². The third kappa shape index (κ3) is 2.83. The molecule has 1 unspecified atom stereocenters. The van der Waals surface area contributed by atoms with Crippen molar-refractivity contribution in [1.29, 1.82) is 0 Å². The Morgan fingerprint density at radius 3 is 3.11 bits per heavy atom. The lowest BCUT2D eigenvalue weighted by molar-refractivity contribution is 0.129. The predicted octanol–water partition coefficient (Wildman–Crippen LogP) is 2.18. The number of rotatable bonds is 3. The fourth-order valence-electron chi connectivity index (χ4n) is 0.920. The lowest BCUT2D eigenvalue weighted by atomic mass is 10.3. The first kappa shape index (κ1) is 7.76. The molecule has 1 rings (SSSR count). The van der Waals surface area contributed by atoms with Crippen LogP contribution in [0.4, 0.5) is 0 Å². The molecule has 0 aromatic carbocycles. The van der Waals surface area contributed by atoms with Crippen LogP contribution in [0.15, 0.2) is 0 Å². The summed E-state index contributed by atoms with van der Waals surface area (Å²) in [6.45, 7) is 0.986. The molecule has 0 radical (unpaired) electrons. The van der Waals surface area contributed by atoms with Crippen LogP contribution in [0.25, 0.3) is 0 Å². The summed E-state index contributed by atoms with van der Waals surface area (Å²) >= 11 is 0. The van der Waals surface area contributed by atoms with Crippen molar-refractivity contribution >= 4 is 21.6 Å². The van der Waals surface area contributed by atoms with E-state index in [1.807, 2.05) is 21.6 Å². The molecule has 0 N–H and O–H groups in total. The lowest BCUT2D eigenvalue weighted by Crippen LogP contribution is -2.06. The van der Waals surface area contributed by atoms with Crippen molar-refractivity contribution in [3.63, 3.8) is 0 Å². The van der Waals surface area contributed by atoms with E-state index in [2.05, 4.69) is 6.26 Å². The minimum atomic E-state index is 0.558. The van der Waals surface area contributed by atoms with Gasteiger partial charge in [0, 0.05) is 12.4 Å². The molecule has 0 aliphatic carbocycles. The first-order chi connectivity index (χ1) is 4.43. The Morgan fingerprint density at radius 2 is 2.56 bits per heavy atom. The Hall–Kier alpha value is 0.660. The molecule has 0 spiro atoms. The quantitative estimate of drug-likeness (QED) is 0.592. The summed E-state index contributed by atoms with van der Waals surface area (Å²) in [5.41, 5.74) is 0.